The maximum Gasteiger partial charge on any atom is 0.156 e. The molecule has 0 unspecified atom stereocenters. The van der Waals surface area contributed by atoms with Crippen LogP contribution in [-0.2, 0) is 0 Å². The van der Waals surface area contributed by atoms with Crippen LogP contribution in [0.5, 0.6) is 0 Å². The monoisotopic (exact) mass is 236 g/mol. The van der Waals surface area contributed by atoms with Crippen LogP contribution in [0.15, 0.2) is 55.2 Å². The van der Waals surface area contributed by atoms with Gasteiger partial charge in [0.05, 0.1) is 6.20 Å². The first-order chi connectivity index (χ1) is 8.83. The third kappa shape index (κ3) is 2.00. The lowest BCUT2D eigenvalue weighted by molar-refractivity contribution is 0.839. The topological polar surface area (TPSA) is 43.6 Å². The van der Waals surface area contributed by atoms with Gasteiger partial charge in [0.1, 0.15) is 6.33 Å². The van der Waals surface area contributed by atoms with E-state index in [0.29, 0.717) is 0 Å². The van der Waals surface area contributed by atoms with E-state index in [0.717, 1.165) is 16.9 Å². The molecule has 3 aromatic rings. The minimum Gasteiger partial charge on any atom is -0.245 e. The Morgan fingerprint density at radius 1 is 1.11 bits per heavy atom. The second-order valence-corrected chi connectivity index (χ2v) is 4.11. The zero-order valence-corrected chi connectivity index (χ0v) is 9.99. The Balaban J connectivity index is 2.00. The van der Waals surface area contributed by atoms with Crippen LogP contribution in [0.4, 0.5) is 0 Å². The fourth-order valence-electron chi connectivity index (χ4n) is 1.84. The summed E-state index contributed by atoms with van der Waals surface area (Å²) in [5.41, 5.74) is 3.48. The van der Waals surface area contributed by atoms with Crippen molar-refractivity contribution >= 4 is 0 Å². The number of rotatable bonds is 2. The molecule has 2 aromatic heterocycles. The summed E-state index contributed by atoms with van der Waals surface area (Å²) >= 11 is 0. The van der Waals surface area contributed by atoms with Crippen molar-refractivity contribution in [2.24, 2.45) is 0 Å². The van der Waals surface area contributed by atoms with Crippen LogP contribution >= 0.6 is 0 Å². The predicted molar refractivity (Wildman–Crippen MR) is 69.3 cm³/mol. The van der Waals surface area contributed by atoms with Crippen molar-refractivity contribution in [3.8, 4) is 16.9 Å². The molecule has 0 aliphatic rings. The van der Waals surface area contributed by atoms with Crippen LogP contribution in [0.3, 0.4) is 0 Å². The minimum absolute atomic E-state index is 0.768. The Morgan fingerprint density at radius 2 is 2.06 bits per heavy atom. The summed E-state index contributed by atoms with van der Waals surface area (Å²) in [4.78, 5) is 8.06. The van der Waals surface area contributed by atoms with Gasteiger partial charge in [0.2, 0.25) is 0 Å². The van der Waals surface area contributed by atoms with Gasteiger partial charge in [0, 0.05) is 24.0 Å². The van der Waals surface area contributed by atoms with Crippen LogP contribution in [0.2, 0.25) is 0 Å². The van der Waals surface area contributed by atoms with E-state index in [1.807, 2.05) is 24.5 Å². The van der Waals surface area contributed by atoms with Crippen LogP contribution in [0, 0.1) is 6.92 Å². The van der Waals surface area contributed by atoms with E-state index in [4.69, 9.17) is 0 Å². The molecule has 4 nitrogen and oxygen atoms in total. The fraction of sp³-hybridized carbons (Fsp3) is 0.0714. The van der Waals surface area contributed by atoms with Crippen molar-refractivity contribution in [2.75, 3.05) is 0 Å². The van der Waals surface area contributed by atoms with Crippen LogP contribution in [0.25, 0.3) is 16.9 Å². The standard InChI is InChI=1S/C14H12N4/c1-11-3-2-4-12(7-11)13-8-17-18(9-13)14-5-6-15-10-16-14/h2-10H,1H3. The summed E-state index contributed by atoms with van der Waals surface area (Å²) in [6.07, 6.45) is 7.04. The van der Waals surface area contributed by atoms with E-state index in [1.54, 1.807) is 10.9 Å². The molecular formula is C14H12N4. The second-order valence-electron chi connectivity index (χ2n) is 4.11. The van der Waals surface area contributed by atoms with E-state index in [9.17, 15) is 0 Å². The van der Waals surface area contributed by atoms with Crippen molar-refractivity contribution in [3.05, 3.63) is 60.8 Å². The molecule has 3 rings (SSSR count). The first-order valence-electron chi connectivity index (χ1n) is 5.71. The number of aryl methyl sites for hydroxylation is 1. The lowest BCUT2D eigenvalue weighted by Crippen LogP contribution is -1.96. The lowest BCUT2D eigenvalue weighted by atomic mass is 10.1. The van der Waals surface area contributed by atoms with Gasteiger partial charge in [-0.2, -0.15) is 5.10 Å². The van der Waals surface area contributed by atoms with Gasteiger partial charge in [-0.1, -0.05) is 29.8 Å². The fourth-order valence-corrected chi connectivity index (χ4v) is 1.84. The van der Waals surface area contributed by atoms with E-state index in [1.165, 1.54) is 11.9 Å². The van der Waals surface area contributed by atoms with Crippen LogP contribution < -0.4 is 0 Å². The highest BCUT2D eigenvalue weighted by Crippen LogP contribution is 2.20. The van der Waals surface area contributed by atoms with Gasteiger partial charge in [-0.05, 0) is 12.5 Å². The van der Waals surface area contributed by atoms with Crippen molar-refractivity contribution < 1.29 is 0 Å². The first kappa shape index (κ1) is 10.7. The van der Waals surface area contributed by atoms with Crippen LogP contribution in [0.1, 0.15) is 5.56 Å². The number of hydrogen-bond donors (Lipinski definition) is 0. The molecule has 88 valence electrons. The highest BCUT2D eigenvalue weighted by molar-refractivity contribution is 5.62. The summed E-state index contributed by atoms with van der Waals surface area (Å²) in [6.45, 7) is 2.08. The molecule has 18 heavy (non-hydrogen) atoms. The zero-order valence-electron chi connectivity index (χ0n) is 9.99. The van der Waals surface area contributed by atoms with Crippen molar-refractivity contribution in [2.45, 2.75) is 6.92 Å². The number of benzene rings is 1. The Morgan fingerprint density at radius 3 is 2.83 bits per heavy atom. The Labute approximate surface area is 105 Å². The third-order valence-electron chi connectivity index (χ3n) is 2.74. The van der Waals surface area contributed by atoms with Crippen molar-refractivity contribution in [1.29, 1.82) is 0 Å². The smallest absolute Gasteiger partial charge is 0.156 e. The van der Waals surface area contributed by atoms with Gasteiger partial charge in [-0.25, -0.2) is 14.6 Å². The molecule has 2 heterocycles. The summed E-state index contributed by atoms with van der Waals surface area (Å²) in [7, 11) is 0. The summed E-state index contributed by atoms with van der Waals surface area (Å²) < 4.78 is 1.75. The third-order valence-corrected chi connectivity index (χ3v) is 2.74. The lowest BCUT2D eigenvalue weighted by Gasteiger charge is -1.99. The summed E-state index contributed by atoms with van der Waals surface area (Å²) in [5.74, 6) is 0.768. The molecule has 1 aromatic carbocycles. The molecule has 0 saturated heterocycles. The molecule has 0 aliphatic heterocycles. The number of nitrogens with zero attached hydrogens (tertiary/aromatic N) is 4. The summed E-state index contributed by atoms with van der Waals surface area (Å²) in [5, 5.41) is 4.32. The molecule has 0 aliphatic carbocycles. The molecule has 0 saturated carbocycles. The van der Waals surface area contributed by atoms with Gasteiger partial charge >= 0.3 is 0 Å². The molecule has 0 atom stereocenters. The van der Waals surface area contributed by atoms with Crippen LogP contribution in [-0.4, -0.2) is 19.7 Å². The summed E-state index contributed by atoms with van der Waals surface area (Å²) in [6, 6.07) is 10.2. The van der Waals surface area contributed by atoms with E-state index in [2.05, 4.69) is 40.2 Å². The normalized spacial score (nSPS) is 10.5. The Kier molecular flexibility index (Phi) is 2.61. The average Bonchev–Trinajstić information content (AvgIpc) is 2.89. The van der Waals surface area contributed by atoms with E-state index < -0.39 is 0 Å². The molecule has 0 fully saturated rings. The maximum absolute atomic E-state index is 4.32. The SMILES string of the molecule is Cc1cccc(-c2cnn(-c3ccncn3)c2)c1. The molecule has 4 heteroatoms. The van der Waals surface area contributed by atoms with E-state index >= 15 is 0 Å². The highest BCUT2D eigenvalue weighted by atomic mass is 15.3. The second kappa shape index (κ2) is 4.41. The number of aromatic nitrogens is 4. The van der Waals surface area contributed by atoms with Gasteiger partial charge in [-0.3, -0.25) is 0 Å². The average molecular weight is 236 g/mol. The van der Waals surface area contributed by atoms with Gasteiger partial charge in [-0.15, -0.1) is 0 Å². The highest BCUT2D eigenvalue weighted by Gasteiger charge is 2.03. The maximum atomic E-state index is 4.32. The number of hydrogen-bond acceptors (Lipinski definition) is 3. The molecule has 0 radical (unpaired) electrons. The minimum atomic E-state index is 0.768. The zero-order chi connectivity index (χ0) is 12.4. The Hall–Kier alpha value is -2.49. The van der Waals surface area contributed by atoms with Gasteiger partial charge < -0.3 is 0 Å². The molecular weight excluding hydrogens is 224 g/mol. The first-order valence-corrected chi connectivity index (χ1v) is 5.71. The quantitative estimate of drug-likeness (QED) is 0.687. The van der Waals surface area contributed by atoms with Gasteiger partial charge in [0.15, 0.2) is 5.82 Å². The Bertz CT molecular complexity index is 658. The molecule has 0 amide bonds. The largest absolute Gasteiger partial charge is 0.245 e. The predicted octanol–water partition coefficient (Wildman–Crippen LogP) is 2.64. The molecule has 0 bridgehead atoms. The van der Waals surface area contributed by atoms with Crippen molar-refractivity contribution in [1.82, 2.24) is 19.7 Å². The molecule has 0 N–H and O–H groups in total. The van der Waals surface area contributed by atoms with Crippen molar-refractivity contribution in [3.63, 3.8) is 0 Å². The van der Waals surface area contributed by atoms with Gasteiger partial charge in [0.25, 0.3) is 0 Å². The van der Waals surface area contributed by atoms with E-state index in [-0.39, 0.29) is 0 Å². The molecule has 0 spiro atoms.